The Labute approximate surface area is 83.1 Å². The van der Waals surface area contributed by atoms with Crippen molar-refractivity contribution in [3.63, 3.8) is 0 Å². The van der Waals surface area contributed by atoms with Crippen molar-refractivity contribution in [1.29, 1.82) is 0 Å². The average molecular weight is 185 g/mol. The fraction of sp³-hybridized carbons (Fsp3) is 1.00. The number of hydrogen-bond acceptors (Lipinski definition) is 1. The third kappa shape index (κ3) is 2.68. The third-order valence-electron chi connectivity index (χ3n) is 3.49. The monoisotopic (exact) mass is 185 g/mol. The Morgan fingerprint density at radius 2 is 1.85 bits per heavy atom. The Morgan fingerprint density at radius 1 is 1.15 bits per heavy atom. The van der Waals surface area contributed by atoms with Gasteiger partial charge in [0.2, 0.25) is 0 Å². The smallest absolute Gasteiger partial charge is 0.135 e. The lowest BCUT2D eigenvalue weighted by Gasteiger charge is -2.44. The molecular weight excluding hydrogens is 160 g/mol. The van der Waals surface area contributed by atoms with Crippen molar-refractivity contribution in [2.75, 3.05) is 39.4 Å². The summed E-state index contributed by atoms with van der Waals surface area (Å²) in [5, 5.41) is 0. The first-order valence-electron chi connectivity index (χ1n) is 5.83. The van der Waals surface area contributed by atoms with Gasteiger partial charge in [0.15, 0.2) is 0 Å². The molecule has 0 bridgehead atoms. The molecule has 0 radical (unpaired) electrons. The second-order valence-electron chi connectivity index (χ2n) is 4.31. The first kappa shape index (κ1) is 11.0. The van der Waals surface area contributed by atoms with E-state index in [1.165, 1.54) is 56.7 Å². The molecule has 0 aliphatic carbocycles. The molecule has 78 valence electrons. The van der Waals surface area contributed by atoms with Gasteiger partial charge >= 0.3 is 0 Å². The van der Waals surface area contributed by atoms with Crippen LogP contribution in [0.1, 0.15) is 33.6 Å². The van der Waals surface area contributed by atoms with E-state index in [0.29, 0.717) is 0 Å². The molecule has 0 amide bonds. The van der Waals surface area contributed by atoms with E-state index in [2.05, 4.69) is 25.7 Å². The second-order valence-corrected chi connectivity index (χ2v) is 4.31. The first-order valence-corrected chi connectivity index (χ1v) is 5.83. The second kappa shape index (κ2) is 4.97. The highest BCUT2D eigenvalue weighted by Gasteiger charge is 2.29. The largest absolute Gasteiger partial charge is 0.312 e. The molecule has 1 fully saturated rings. The molecule has 0 saturated carbocycles. The zero-order valence-corrected chi connectivity index (χ0v) is 9.55. The molecule has 0 spiro atoms. The zero-order chi connectivity index (χ0) is 9.73. The van der Waals surface area contributed by atoms with Crippen LogP contribution in [0.15, 0.2) is 0 Å². The van der Waals surface area contributed by atoms with Gasteiger partial charge in [-0.3, -0.25) is 4.90 Å². The summed E-state index contributed by atoms with van der Waals surface area (Å²) in [6.07, 6.45) is 2.69. The number of quaternary nitrogens is 1. The predicted molar refractivity (Wildman–Crippen MR) is 57.6 cm³/mol. The van der Waals surface area contributed by atoms with Crippen LogP contribution in [-0.2, 0) is 0 Å². The van der Waals surface area contributed by atoms with Crippen LogP contribution in [0, 0.1) is 0 Å². The van der Waals surface area contributed by atoms with Gasteiger partial charge in [0, 0.05) is 19.5 Å². The number of hydrogen-bond donors (Lipinski definition) is 0. The molecule has 1 heterocycles. The Balaban J connectivity index is 2.48. The van der Waals surface area contributed by atoms with Crippen molar-refractivity contribution in [3.8, 4) is 0 Å². The fourth-order valence-corrected chi connectivity index (χ4v) is 2.43. The summed E-state index contributed by atoms with van der Waals surface area (Å²) in [5.41, 5.74) is 0. The molecule has 0 aromatic carbocycles. The van der Waals surface area contributed by atoms with Gasteiger partial charge in [0.1, 0.15) is 6.67 Å². The molecule has 0 atom stereocenters. The minimum Gasteiger partial charge on any atom is -0.312 e. The summed E-state index contributed by atoms with van der Waals surface area (Å²) in [4.78, 5) is 2.64. The Hall–Kier alpha value is -0.0800. The lowest BCUT2D eigenvalue weighted by atomic mass is 10.2. The van der Waals surface area contributed by atoms with Gasteiger partial charge < -0.3 is 4.48 Å². The van der Waals surface area contributed by atoms with E-state index in [1.54, 1.807) is 0 Å². The summed E-state index contributed by atoms with van der Waals surface area (Å²) in [6.45, 7) is 14.9. The van der Waals surface area contributed by atoms with E-state index < -0.39 is 0 Å². The van der Waals surface area contributed by atoms with Gasteiger partial charge in [0.25, 0.3) is 0 Å². The quantitative estimate of drug-likeness (QED) is 0.605. The van der Waals surface area contributed by atoms with Gasteiger partial charge in [-0.1, -0.05) is 6.92 Å². The fourth-order valence-electron chi connectivity index (χ4n) is 2.43. The normalized spacial score (nSPS) is 23.3. The lowest BCUT2D eigenvalue weighted by molar-refractivity contribution is -0.939. The highest BCUT2D eigenvalue weighted by molar-refractivity contribution is 4.59. The molecule has 1 saturated heterocycles. The van der Waals surface area contributed by atoms with Crippen LogP contribution in [0.3, 0.4) is 0 Å². The zero-order valence-electron chi connectivity index (χ0n) is 9.55. The molecule has 1 aliphatic heterocycles. The van der Waals surface area contributed by atoms with Gasteiger partial charge in [-0.05, 0) is 20.3 Å². The van der Waals surface area contributed by atoms with Crippen LogP contribution in [0.2, 0.25) is 0 Å². The Bertz CT molecular complexity index is 139. The molecule has 0 aromatic rings. The maximum Gasteiger partial charge on any atom is 0.135 e. The van der Waals surface area contributed by atoms with Crippen molar-refractivity contribution in [2.45, 2.75) is 33.6 Å². The van der Waals surface area contributed by atoms with Crippen LogP contribution >= 0.6 is 0 Å². The molecule has 0 unspecified atom stereocenters. The van der Waals surface area contributed by atoms with Crippen molar-refractivity contribution in [1.82, 2.24) is 4.90 Å². The summed E-state index contributed by atoms with van der Waals surface area (Å²) in [6, 6.07) is 0. The number of rotatable bonds is 4. The third-order valence-corrected chi connectivity index (χ3v) is 3.49. The van der Waals surface area contributed by atoms with Crippen molar-refractivity contribution < 1.29 is 4.48 Å². The van der Waals surface area contributed by atoms with E-state index in [-0.39, 0.29) is 0 Å². The summed E-state index contributed by atoms with van der Waals surface area (Å²) in [7, 11) is 0. The first-order chi connectivity index (χ1) is 6.26. The van der Waals surface area contributed by atoms with Gasteiger partial charge in [-0.25, -0.2) is 0 Å². The maximum absolute atomic E-state index is 2.64. The van der Waals surface area contributed by atoms with Crippen molar-refractivity contribution in [3.05, 3.63) is 0 Å². The minimum absolute atomic E-state index is 1.29. The Morgan fingerprint density at radius 3 is 2.38 bits per heavy atom. The minimum atomic E-state index is 1.29. The summed E-state index contributed by atoms with van der Waals surface area (Å²) >= 11 is 0. The molecular formula is C11H25N2+. The molecule has 1 rings (SSSR count). The van der Waals surface area contributed by atoms with Crippen LogP contribution in [0.4, 0.5) is 0 Å². The van der Waals surface area contributed by atoms with E-state index in [9.17, 15) is 0 Å². The van der Waals surface area contributed by atoms with E-state index in [4.69, 9.17) is 0 Å². The van der Waals surface area contributed by atoms with Crippen LogP contribution in [0.5, 0.6) is 0 Å². The molecule has 2 heteroatoms. The summed E-state index contributed by atoms with van der Waals surface area (Å²) < 4.78 is 1.32. The van der Waals surface area contributed by atoms with E-state index >= 15 is 0 Å². The average Bonchev–Trinajstić information content (AvgIpc) is 2.19. The van der Waals surface area contributed by atoms with Crippen LogP contribution in [-0.4, -0.2) is 48.8 Å². The topological polar surface area (TPSA) is 3.24 Å². The summed E-state index contributed by atoms with van der Waals surface area (Å²) in [5.74, 6) is 0. The number of nitrogens with zero attached hydrogens (tertiary/aromatic N) is 2. The maximum atomic E-state index is 2.64. The predicted octanol–water partition coefficient (Wildman–Crippen LogP) is 1.92. The molecule has 1 aliphatic rings. The van der Waals surface area contributed by atoms with Crippen LogP contribution < -0.4 is 0 Å². The standard InChI is InChI=1S/C11H25N2/c1-4-8-12-9-7-10-13(5-2,6-3)11-12/h4-11H2,1-3H3/q+1. The molecule has 0 aromatic heterocycles. The van der Waals surface area contributed by atoms with Crippen molar-refractivity contribution in [2.24, 2.45) is 0 Å². The lowest BCUT2D eigenvalue weighted by Crippen LogP contribution is -2.58. The van der Waals surface area contributed by atoms with E-state index in [0.717, 1.165) is 0 Å². The Kier molecular flexibility index (Phi) is 4.20. The molecule has 0 N–H and O–H groups in total. The SMILES string of the molecule is CCCN1CCC[N+](CC)(CC)C1. The highest BCUT2D eigenvalue weighted by atomic mass is 15.5. The van der Waals surface area contributed by atoms with Gasteiger partial charge in [-0.15, -0.1) is 0 Å². The highest BCUT2D eigenvalue weighted by Crippen LogP contribution is 2.15. The van der Waals surface area contributed by atoms with Gasteiger partial charge in [-0.2, -0.15) is 0 Å². The van der Waals surface area contributed by atoms with Gasteiger partial charge in [0.05, 0.1) is 19.6 Å². The molecule has 2 nitrogen and oxygen atoms in total. The van der Waals surface area contributed by atoms with E-state index in [1.807, 2.05) is 0 Å². The van der Waals surface area contributed by atoms with Crippen LogP contribution in [0.25, 0.3) is 0 Å². The molecule has 13 heavy (non-hydrogen) atoms. The van der Waals surface area contributed by atoms with Crippen molar-refractivity contribution >= 4 is 0 Å².